The van der Waals surface area contributed by atoms with Crippen molar-refractivity contribution in [2.45, 2.75) is 25.8 Å². The van der Waals surface area contributed by atoms with Gasteiger partial charge in [-0.15, -0.1) is 0 Å². The van der Waals surface area contributed by atoms with E-state index in [9.17, 15) is 0 Å². The number of aromatic nitrogens is 2. The molecule has 1 unspecified atom stereocenters. The highest BCUT2D eigenvalue weighted by molar-refractivity contribution is 5.42. The number of nitrogens with one attached hydrogen (secondary N) is 1. The van der Waals surface area contributed by atoms with Crippen LogP contribution in [0.15, 0.2) is 30.3 Å². The van der Waals surface area contributed by atoms with Gasteiger partial charge in [0.2, 0.25) is 0 Å². The molecule has 1 atom stereocenters. The Balaban J connectivity index is 2.00. The van der Waals surface area contributed by atoms with Crippen molar-refractivity contribution in [3.8, 4) is 5.75 Å². The fraction of sp³-hybridized carbons (Fsp3) is 0.400. The highest BCUT2D eigenvalue weighted by atomic mass is 16.5. The molecular formula is C15H19N3O. The van der Waals surface area contributed by atoms with Crippen LogP contribution in [0.4, 0.5) is 5.82 Å². The highest BCUT2D eigenvalue weighted by Crippen LogP contribution is 2.31. The lowest BCUT2D eigenvalue weighted by Crippen LogP contribution is -2.24. The third-order valence-electron chi connectivity index (χ3n) is 3.65. The summed E-state index contributed by atoms with van der Waals surface area (Å²) in [6.45, 7) is 3.12. The minimum Gasteiger partial charge on any atom is -0.497 e. The van der Waals surface area contributed by atoms with Crippen molar-refractivity contribution < 1.29 is 4.74 Å². The number of rotatable bonds is 3. The summed E-state index contributed by atoms with van der Waals surface area (Å²) in [5.74, 6) is 2.02. The number of aryl methyl sites for hydroxylation is 1. The summed E-state index contributed by atoms with van der Waals surface area (Å²) in [5, 5.41) is 8.11. The maximum absolute atomic E-state index is 5.31. The van der Waals surface area contributed by atoms with Crippen molar-refractivity contribution in [2.75, 3.05) is 19.0 Å². The van der Waals surface area contributed by atoms with Gasteiger partial charge in [0, 0.05) is 12.6 Å². The van der Waals surface area contributed by atoms with Crippen LogP contribution in [0, 0.1) is 0 Å². The molecule has 1 aliphatic heterocycles. The first-order valence-corrected chi connectivity index (χ1v) is 6.78. The van der Waals surface area contributed by atoms with Gasteiger partial charge in [0.15, 0.2) is 0 Å². The maximum atomic E-state index is 5.31. The summed E-state index contributed by atoms with van der Waals surface area (Å²) in [4.78, 5) is 0. The van der Waals surface area contributed by atoms with Crippen molar-refractivity contribution in [3.05, 3.63) is 41.6 Å². The average molecular weight is 257 g/mol. The fourth-order valence-corrected chi connectivity index (χ4v) is 2.60. The Morgan fingerprint density at radius 2 is 2.32 bits per heavy atom. The second kappa shape index (κ2) is 4.96. The van der Waals surface area contributed by atoms with Gasteiger partial charge >= 0.3 is 0 Å². The summed E-state index contributed by atoms with van der Waals surface area (Å²) in [6, 6.07) is 10.7. The average Bonchev–Trinajstić information content (AvgIpc) is 2.90. The Morgan fingerprint density at radius 1 is 1.42 bits per heavy atom. The predicted molar refractivity (Wildman–Crippen MR) is 75.8 cm³/mol. The molecule has 100 valence electrons. The van der Waals surface area contributed by atoms with E-state index in [-0.39, 0.29) is 0 Å². The van der Waals surface area contributed by atoms with Gasteiger partial charge in [-0.25, -0.2) is 4.68 Å². The van der Waals surface area contributed by atoms with Crippen molar-refractivity contribution in [3.63, 3.8) is 0 Å². The lowest BCUT2D eigenvalue weighted by molar-refractivity contribution is 0.411. The molecule has 3 rings (SSSR count). The van der Waals surface area contributed by atoms with E-state index < -0.39 is 0 Å². The first kappa shape index (κ1) is 12.1. The van der Waals surface area contributed by atoms with Crippen LogP contribution in [-0.2, 0) is 6.42 Å². The first-order chi connectivity index (χ1) is 9.31. The molecule has 0 spiro atoms. The van der Waals surface area contributed by atoms with E-state index in [0.29, 0.717) is 6.04 Å². The molecule has 0 saturated carbocycles. The summed E-state index contributed by atoms with van der Waals surface area (Å²) < 4.78 is 7.42. The van der Waals surface area contributed by atoms with E-state index in [0.717, 1.165) is 36.6 Å². The molecule has 4 nitrogen and oxygen atoms in total. The number of hydrogen-bond donors (Lipinski definition) is 1. The molecule has 0 amide bonds. The smallest absolute Gasteiger partial charge is 0.125 e. The van der Waals surface area contributed by atoms with Gasteiger partial charge in [-0.2, -0.15) is 5.10 Å². The lowest BCUT2D eigenvalue weighted by Gasteiger charge is -2.26. The van der Waals surface area contributed by atoms with E-state index >= 15 is 0 Å². The molecule has 1 aromatic carbocycles. The van der Waals surface area contributed by atoms with Gasteiger partial charge in [0.05, 0.1) is 18.8 Å². The summed E-state index contributed by atoms with van der Waals surface area (Å²) in [7, 11) is 1.70. The molecule has 0 bridgehead atoms. The number of ether oxygens (including phenoxy) is 1. The van der Waals surface area contributed by atoms with Crippen molar-refractivity contribution in [2.24, 2.45) is 0 Å². The Labute approximate surface area is 113 Å². The monoisotopic (exact) mass is 257 g/mol. The van der Waals surface area contributed by atoms with Crippen LogP contribution in [0.2, 0.25) is 0 Å². The van der Waals surface area contributed by atoms with Gasteiger partial charge < -0.3 is 10.1 Å². The van der Waals surface area contributed by atoms with Crippen molar-refractivity contribution in [1.82, 2.24) is 9.78 Å². The zero-order valence-corrected chi connectivity index (χ0v) is 11.4. The van der Waals surface area contributed by atoms with Crippen molar-refractivity contribution >= 4 is 5.82 Å². The minimum atomic E-state index is 0.298. The number of benzene rings is 1. The van der Waals surface area contributed by atoms with E-state index in [1.165, 1.54) is 5.56 Å². The Kier molecular flexibility index (Phi) is 3.15. The number of methoxy groups -OCH3 is 1. The third kappa shape index (κ3) is 2.18. The first-order valence-electron chi connectivity index (χ1n) is 6.78. The molecule has 1 aromatic heterocycles. The molecule has 0 aliphatic carbocycles. The van der Waals surface area contributed by atoms with E-state index in [2.05, 4.69) is 35.1 Å². The predicted octanol–water partition coefficient (Wildman–Crippen LogP) is 2.86. The van der Waals surface area contributed by atoms with Crippen LogP contribution in [-0.4, -0.2) is 23.4 Å². The van der Waals surface area contributed by atoms with Crippen LogP contribution >= 0.6 is 0 Å². The van der Waals surface area contributed by atoms with Gasteiger partial charge in [-0.1, -0.05) is 19.1 Å². The normalized spacial score (nSPS) is 17.7. The molecule has 2 aromatic rings. The topological polar surface area (TPSA) is 39.1 Å². The molecule has 1 aliphatic rings. The lowest BCUT2D eigenvalue weighted by atomic mass is 10.0. The largest absolute Gasteiger partial charge is 0.497 e. The fourth-order valence-electron chi connectivity index (χ4n) is 2.60. The van der Waals surface area contributed by atoms with Crippen LogP contribution in [0.5, 0.6) is 5.75 Å². The summed E-state index contributed by atoms with van der Waals surface area (Å²) in [6.07, 6.45) is 2.01. The van der Waals surface area contributed by atoms with E-state index in [4.69, 9.17) is 9.84 Å². The van der Waals surface area contributed by atoms with E-state index in [1.54, 1.807) is 7.11 Å². The second-order valence-electron chi connectivity index (χ2n) is 4.83. The molecule has 4 heteroatoms. The molecule has 2 heterocycles. The zero-order chi connectivity index (χ0) is 13.2. The van der Waals surface area contributed by atoms with E-state index in [1.807, 2.05) is 12.1 Å². The van der Waals surface area contributed by atoms with Crippen LogP contribution in [0.3, 0.4) is 0 Å². The van der Waals surface area contributed by atoms with Crippen molar-refractivity contribution in [1.29, 1.82) is 0 Å². The Hall–Kier alpha value is -1.97. The molecule has 19 heavy (non-hydrogen) atoms. The maximum Gasteiger partial charge on any atom is 0.125 e. The number of hydrogen-bond acceptors (Lipinski definition) is 3. The molecule has 0 saturated heterocycles. The van der Waals surface area contributed by atoms with Crippen LogP contribution < -0.4 is 10.1 Å². The molecule has 0 radical (unpaired) electrons. The Morgan fingerprint density at radius 3 is 3.11 bits per heavy atom. The summed E-state index contributed by atoms with van der Waals surface area (Å²) in [5.41, 5.74) is 2.39. The SMILES string of the molecule is CCc1cc2n(n1)C(c1cccc(OC)c1)CCN2. The van der Waals surface area contributed by atoms with Gasteiger partial charge in [-0.05, 0) is 30.5 Å². The number of nitrogens with zero attached hydrogens (tertiary/aromatic N) is 2. The summed E-state index contributed by atoms with van der Waals surface area (Å²) >= 11 is 0. The molecule has 0 fully saturated rings. The second-order valence-corrected chi connectivity index (χ2v) is 4.83. The van der Waals surface area contributed by atoms with Gasteiger partial charge in [0.1, 0.15) is 11.6 Å². The molecular weight excluding hydrogens is 238 g/mol. The Bertz CT molecular complexity index is 577. The quantitative estimate of drug-likeness (QED) is 0.919. The van der Waals surface area contributed by atoms with Gasteiger partial charge in [0.25, 0.3) is 0 Å². The zero-order valence-electron chi connectivity index (χ0n) is 11.4. The van der Waals surface area contributed by atoms with Crippen LogP contribution in [0.25, 0.3) is 0 Å². The number of anilines is 1. The third-order valence-corrected chi connectivity index (χ3v) is 3.65. The van der Waals surface area contributed by atoms with Crippen LogP contribution in [0.1, 0.15) is 30.6 Å². The highest BCUT2D eigenvalue weighted by Gasteiger charge is 2.23. The molecule has 1 N–H and O–H groups in total. The van der Waals surface area contributed by atoms with Gasteiger partial charge in [-0.3, -0.25) is 0 Å². The number of fused-ring (bicyclic) bond motifs is 1. The standard InChI is InChI=1S/C15H19N3O/c1-3-12-10-15-16-8-7-14(18(15)17-12)11-5-4-6-13(9-11)19-2/h4-6,9-10,14,16H,3,7-8H2,1-2H3. The minimum absolute atomic E-state index is 0.298.